The van der Waals surface area contributed by atoms with Gasteiger partial charge in [0.15, 0.2) is 5.96 Å². The molecule has 0 aliphatic carbocycles. The van der Waals surface area contributed by atoms with Crippen molar-refractivity contribution in [3.05, 3.63) is 192 Å². The van der Waals surface area contributed by atoms with E-state index < -0.39 is 240 Å². The minimum atomic E-state index is -2.09. The summed E-state index contributed by atoms with van der Waals surface area (Å²) >= 11 is 0.700. The molecule has 8 rings (SSSR count). The maximum Gasteiger partial charge on any atom is 0.305 e. The topological polar surface area (TPSA) is 656 Å². The van der Waals surface area contributed by atoms with Crippen LogP contribution in [0.5, 0.6) is 5.75 Å². The molecule has 0 unspecified atom stereocenters. The number of aromatic amines is 1. The van der Waals surface area contributed by atoms with Crippen LogP contribution in [-0.4, -0.2) is 277 Å². The highest BCUT2D eigenvalue weighted by atomic mass is 32.2. The molecule has 1 aliphatic rings. The standard InChI is InChI=1S/C98H130N22O20S/c1-53(2)41-70-89(132)117-82(55(5)6)95(138)115-76(50-121)91(134)116-77(92(135)106-56(7)83(100)126)51-141-52-79(123)107-71(44-61-23-19-39-103-48-61)85(128)111-72(43-60-31-35-65(122)36-32-60)87(130)113-75(47-80(124)125)88(131)112-74(46-64-49-105-67-27-18-17-26-66(64)67)90(133)118-81(54(3)4)94(137)114-73(42-59-29-33-63(34-30-59)62-24-15-12-16-25-62)86(129)109-69(28-20-40-104-98(101)102)97(140)119(9)57(8)96(139)120(10)78(45-58-21-13-11-14-22-58)93(136)108-68(37-38-99)84(127)110-70/h11-19,21-27,29-36,39,48-49,53-57,68-78,81-82,105,121-122H,20,28,37-38,40-47,50-52,99H2,1-10H3,(H2,100,126)(H,106,135)(H,107,123)(H,108,136)(H,109,129)(H,110,127)(H,111,128)(H,112,131)(H,113,130)(H,114,137)(H,115,138)(H,116,134)(H,117,132)(H,118,133)(H,124,125)(H4,101,102,104)/t56-,57-,68-,69-,70-,71-,72-,73-,74-,75-,76-,77-,78-,81-,82-/m0/s1. The van der Waals surface area contributed by atoms with Gasteiger partial charge in [0.05, 0.1) is 18.8 Å². The Morgan fingerprint density at radius 2 is 0.979 bits per heavy atom. The first kappa shape index (κ1) is 111. The molecular formula is C98H130N22O20S. The minimum Gasteiger partial charge on any atom is -0.508 e. The highest BCUT2D eigenvalue weighted by molar-refractivity contribution is 8.00. The fraction of sp³-hybridized carbons (Fsp3) is 0.439. The van der Waals surface area contributed by atoms with Crippen molar-refractivity contribution in [2.45, 2.75) is 210 Å². The van der Waals surface area contributed by atoms with E-state index in [1.54, 1.807) is 119 Å². The van der Waals surface area contributed by atoms with Crippen molar-refractivity contribution in [1.82, 2.24) is 94.2 Å². The molecule has 1 aliphatic heterocycles. The highest BCUT2D eigenvalue weighted by Gasteiger charge is 2.42. The zero-order valence-electron chi connectivity index (χ0n) is 80.4. The Morgan fingerprint density at radius 3 is 1.54 bits per heavy atom. The summed E-state index contributed by atoms with van der Waals surface area (Å²) in [6.45, 7) is 10.9. The molecule has 5 aromatic carbocycles. The number of phenolic OH excluding ortho intramolecular Hbond substituents is 1. The third-order valence-electron chi connectivity index (χ3n) is 23.7. The normalized spacial score (nSPS) is 22.9. The Morgan fingerprint density at radius 1 is 0.504 bits per heavy atom. The number of nitrogens with one attached hydrogen (secondary N) is 16. The molecule has 25 N–H and O–H groups in total. The molecule has 42 nitrogen and oxygen atoms in total. The van der Waals surface area contributed by atoms with Crippen LogP contribution in [0.2, 0.25) is 0 Å². The second-order valence-corrected chi connectivity index (χ2v) is 36.8. The number of aliphatic carboxylic acids is 1. The summed E-state index contributed by atoms with van der Waals surface area (Å²) < 4.78 is 0. The summed E-state index contributed by atoms with van der Waals surface area (Å²) in [5.74, 6) is -21.6. The zero-order chi connectivity index (χ0) is 103. The number of guanidine groups is 1. The number of nitrogens with zero attached hydrogens (tertiary/aromatic N) is 3. The van der Waals surface area contributed by atoms with Crippen molar-refractivity contribution >= 4 is 129 Å². The number of carbonyl (C=O) groups excluding carboxylic acids is 16. The number of benzene rings is 5. The van der Waals surface area contributed by atoms with Gasteiger partial charge in [0.1, 0.15) is 96.4 Å². The molecule has 0 bridgehead atoms. The maximum atomic E-state index is 15.6. The number of carboxylic acid groups (broad SMARTS) is 1. The van der Waals surface area contributed by atoms with Crippen molar-refractivity contribution in [3.63, 3.8) is 0 Å². The number of likely N-dealkylation sites (N-methyl/N-ethyl adjacent to an activating group) is 2. The van der Waals surface area contributed by atoms with Crippen LogP contribution in [0, 0.1) is 23.2 Å². The molecule has 0 saturated carbocycles. The lowest BCUT2D eigenvalue weighted by Crippen LogP contribution is -2.62. The summed E-state index contributed by atoms with van der Waals surface area (Å²) in [5, 5.41) is 76.7. The Kier molecular flexibility index (Phi) is 43.0. The zero-order valence-corrected chi connectivity index (χ0v) is 81.2. The predicted molar refractivity (Wildman–Crippen MR) is 525 cm³/mol. The Balaban J connectivity index is 1.23. The largest absolute Gasteiger partial charge is 0.508 e. The smallest absolute Gasteiger partial charge is 0.305 e. The number of aromatic hydroxyl groups is 1. The van der Waals surface area contributed by atoms with E-state index in [2.05, 4.69) is 84.4 Å². The number of para-hydroxylation sites is 1. The van der Waals surface area contributed by atoms with E-state index >= 15 is 43.2 Å². The number of rotatable bonds is 27. The first-order valence-electron chi connectivity index (χ1n) is 46.4. The number of primary amides is 1. The van der Waals surface area contributed by atoms with E-state index in [4.69, 9.17) is 22.6 Å². The molecule has 7 aromatic rings. The van der Waals surface area contributed by atoms with Gasteiger partial charge in [-0.05, 0) is 127 Å². The number of phenols is 1. The Bertz CT molecular complexity index is 5510. The fourth-order valence-electron chi connectivity index (χ4n) is 15.6. The third kappa shape index (κ3) is 34.3. The lowest BCUT2D eigenvalue weighted by Gasteiger charge is -2.35. The number of hydrogen-bond acceptors (Lipinski definition) is 23. The number of hydrogen-bond donors (Lipinski definition) is 22. The lowest BCUT2D eigenvalue weighted by atomic mass is 9.98. The monoisotopic (exact) mass is 1970 g/mol. The maximum absolute atomic E-state index is 15.6. The van der Waals surface area contributed by atoms with E-state index in [1.807, 2.05) is 30.3 Å². The molecule has 0 radical (unpaired) electrons. The summed E-state index contributed by atoms with van der Waals surface area (Å²) in [4.78, 5) is 260. The van der Waals surface area contributed by atoms with Crippen molar-refractivity contribution in [3.8, 4) is 16.9 Å². The number of carboxylic acids is 1. The van der Waals surface area contributed by atoms with Crippen LogP contribution >= 0.6 is 11.8 Å². The van der Waals surface area contributed by atoms with Crippen LogP contribution in [0.25, 0.3) is 22.0 Å². The number of aliphatic hydroxyl groups is 1. The molecule has 43 heteroatoms. The number of amides is 16. The van der Waals surface area contributed by atoms with Gasteiger partial charge in [0, 0.05) is 88.0 Å². The van der Waals surface area contributed by atoms with Crippen molar-refractivity contribution < 1.29 is 96.8 Å². The van der Waals surface area contributed by atoms with Gasteiger partial charge >= 0.3 is 5.97 Å². The van der Waals surface area contributed by atoms with Gasteiger partial charge in [-0.15, -0.1) is 11.8 Å². The molecule has 15 atom stereocenters. The molecule has 3 heterocycles. The quantitative estimate of drug-likeness (QED) is 0.0169. The van der Waals surface area contributed by atoms with E-state index in [-0.39, 0.29) is 81.7 Å². The summed E-state index contributed by atoms with van der Waals surface area (Å²) in [5.41, 5.74) is 21.6. The number of aliphatic hydroxyl groups excluding tert-OH is 1. The second-order valence-electron chi connectivity index (χ2n) is 35.8. The van der Waals surface area contributed by atoms with E-state index in [9.17, 15) is 53.7 Å². The first-order valence-corrected chi connectivity index (χ1v) is 47.5. The second kappa shape index (κ2) is 54.5. The first-order chi connectivity index (χ1) is 67.0. The minimum absolute atomic E-state index is 0.0117. The van der Waals surface area contributed by atoms with Crippen LogP contribution in [0.15, 0.2) is 164 Å². The van der Waals surface area contributed by atoms with Crippen molar-refractivity contribution in [1.29, 1.82) is 5.41 Å². The number of carbonyl (C=O) groups is 17. The lowest BCUT2D eigenvalue weighted by molar-refractivity contribution is -0.148. The van der Waals surface area contributed by atoms with Crippen molar-refractivity contribution in [2.75, 3.05) is 45.3 Å². The number of nitrogens with two attached hydrogens (primary N) is 3. The fourth-order valence-corrected chi connectivity index (χ4v) is 16.4. The van der Waals surface area contributed by atoms with Gasteiger partial charge in [-0.3, -0.25) is 91.9 Å². The molecular weight excluding hydrogens is 1840 g/mol. The van der Waals surface area contributed by atoms with E-state index in [0.29, 0.717) is 44.9 Å². The number of fused-ring (bicyclic) bond motifs is 1. The summed E-state index contributed by atoms with van der Waals surface area (Å²) in [6, 6.07) is 15.7. The van der Waals surface area contributed by atoms with Gasteiger partial charge in [0.2, 0.25) is 94.5 Å². The van der Waals surface area contributed by atoms with Crippen LogP contribution in [0.1, 0.15) is 115 Å². The van der Waals surface area contributed by atoms with Gasteiger partial charge in [0.25, 0.3) is 0 Å². The number of thioether (sulfide) groups is 1. The van der Waals surface area contributed by atoms with E-state index in [1.165, 1.54) is 84.5 Å². The van der Waals surface area contributed by atoms with E-state index in [0.717, 1.165) is 20.9 Å². The molecule has 2 aromatic heterocycles. The average molecular weight is 1970 g/mol. The SMILES string of the molecule is CC(C)C[C@@H]1NC(=O)[C@H](CCN)NC(=O)[C@H](Cc2ccccc2)N(C)C(=O)[C@H](C)N(C)C(=O)[C@H](CCCNC(=N)N)NC(=O)[C@H](Cc2ccc(-c3ccccc3)cc2)NC(=O)[C@H](C(C)C)NC(=O)[C@H](Cc2c[nH]c3ccccc23)NC(=O)[C@H](CC(=O)O)NC(=O)[C@H](Cc2ccc(O)cc2)NC(=O)[C@H](Cc2cccnc2)NC(=O)CSC[C@@H](C(=O)N[C@@H](C)C(N)=O)NC(=O)[C@H](CO)NC(=O)[C@H](C(C)C)NC1=O. The van der Waals surface area contributed by atoms with Crippen LogP contribution in [0.3, 0.4) is 0 Å². The highest BCUT2D eigenvalue weighted by Crippen LogP contribution is 2.25. The predicted octanol–water partition coefficient (Wildman–Crippen LogP) is -0.886. The average Bonchev–Trinajstić information content (AvgIpc) is 1.53. The van der Waals surface area contributed by atoms with Gasteiger partial charge in [-0.2, -0.15) is 0 Å². The number of H-pyrrole nitrogens is 1. The molecule has 0 spiro atoms. The van der Waals surface area contributed by atoms with Crippen LogP contribution in [-0.2, 0) is 114 Å². The molecule has 1 fully saturated rings. The van der Waals surface area contributed by atoms with Crippen LogP contribution in [0.4, 0.5) is 0 Å². The van der Waals surface area contributed by atoms with Gasteiger partial charge in [-0.25, -0.2) is 0 Å². The summed E-state index contributed by atoms with van der Waals surface area (Å²) in [7, 11) is 2.59. The molecule has 758 valence electrons. The van der Waals surface area contributed by atoms with Crippen LogP contribution < -0.4 is 91.6 Å². The van der Waals surface area contributed by atoms with Gasteiger partial charge in [-0.1, -0.05) is 163 Å². The van der Waals surface area contributed by atoms with Crippen molar-refractivity contribution in [2.24, 2.45) is 35.0 Å². The number of aromatic nitrogens is 2. The molecule has 16 amide bonds. The van der Waals surface area contributed by atoms with Gasteiger partial charge < -0.3 is 122 Å². The summed E-state index contributed by atoms with van der Waals surface area (Å²) in [6.07, 6.45) is 1.09. The third-order valence-corrected chi connectivity index (χ3v) is 24.7. The number of pyridine rings is 1. The molecule has 1 saturated heterocycles. The Labute approximate surface area is 820 Å². The molecule has 141 heavy (non-hydrogen) atoms. The Hall–Kier alpha value is -14.9.